The molecule has 0 fully saturated rings. The number of nitrogens with one attached hydrogen (secondary N) is 1. The van der Waals surface area contributed by atoms with Crippen LogP contribution in [0.2, 0.25) is 4.34 Å². The predicted molar refractivity (Wildman–Crippen MR) is 85.1 cm³/mol. The second-order valence-corrected chi connectivity index (χ2v) is 6.87. The molecular weight excluding hydrogens is 290 g/mol. The Labute approximate surface area is 128 Å². The van der Waals surface area contributed by atoms with E-state index in [0.717, 1.165) is 29.5 Å². The summed E-state index contributed by atoms with van der Waals surface area (Å²) < 4.78 is 6.19. The second-order valence-electron chi connectivity index (χ2n) is 5.07. The van der Waals surface area contributed by atoms with Crippen molar-refractivity contribution in [3.8, 4) is 5.75 Å². The topological polar surface area (TPSA) is 21.3 Å². The minimum absolute atomic E-state index is 0.454. The van der Waals surface area contributed by atoms with Crippen LogP contribution in [-0.4, -0.2) is 13.7 Å². The molecule has 0 amide bonds. The molecule has 0 saturated heterocycles. The summed E-state index contributed by atoms with van der Waals surface area (Å²) in [5.74, 6) is 0.947. The Hall–Kier alpha value is -1.03. The van der Waals surface area contributed by atoms with Crippen molar-refractivity contribution >= 4 is 22.9 Å². The van der Waals surface area contributed by atoms with Gasteiger partial charge in [0.05, 0.1) is 11.4 Å². The molecule has 1 aromatic heterocycles. The molecule has 2 aromatic rings. The molecule has 3 rings (SSSR count). The van der Waals surface area contributed by atoms with E-state index in [0.29, 0.717) is 6.04 Å². The van der Waals surface area contributed by atoms with Crippen LogP contribution in [0.3, 0.4) is 0 Å². The number of methoxy groups -OCH3 is 1. The van der Waals surface area contributed by atoms with E-state index in [9.17, 15) is 0 Å². The van der Waals surface area contributed by atoms with Crippen LogP contribution in [-0.2, 0) is 12.8 Å². The van der Waals surface area contributed by atoms with Gasteiger partial charge in [0.15, 0.2) is 0 Å². The van der Waals surface area contributed by atoms with E-state index in [1.165, 1.54) is 22.4 Å². The maximum atomic E-state index is 5.95. The zero-order chi connectivity index (χ0) is 13.9. The molecule has 2 nitrogen and oxygen atoms in total. The third-order valence-electron chi connectivity index (χ3n) is 3.82. The Morgan fingerprint density at radius 3 is 3.00 bits per heavy atom. The highest BCUT2D eigenvalue weighted by Gasteiger charge is 2.22. The SMILES string of the molecule is COc1ccc2c(c1)C(NCCc1ccc(Cl)s1)CC2. The summed E-state index contributed by atoms with van der Waals surface area (Å²) in [7, 11) is 1.72. The smallest absolute Gasteiger partial charge is 0.119 e. The number of ether oxygens (including phenoxy) is 1. The quantitative estimate of drug-likeness (QED) is 0.892. The molecule has 1 unspecified atom stereocenters. The highest BCUT2D eigenvalue weighted by Crippen LogP contribution is 2.33. The minimum atomic E-state index is 0.454. The van der Waals surface area contributed by atoms with Gasteiger partial charge in [0, 0.05) is 17.5 Å². The lowest BCUT2D eigenvalue weighted by Crippen LogP contribution is -2.21. The molecule has 1 aliphatic rings. The van der Waals surface area contributed by atoms with Gasteiger partial charge in [0.2, 0.25) is 0 Å². The van der Waals surface area contributed by atoms with Crippen LogP contribution in [0.4, 0.5) is 0 Å². The zero-order valence-electron chi connectivity index (χ0n) is 11.5. The van der Waals surface area contributed by atoms with Crippen molar-refractivity contribution in [2.75, 3.05) is 13.7 Å². The average Bonchev–Trinajstić information content (AvgIpc) is 3.05. The summed E-state index contributed by atoms with van der Waals surface area (Å²) in [6, 6.07) is 10.9. The predicted octanol–water partition coefficient (Wildman–Crippen LogP) is 4.23. The molecule has 1 aromatic carbocycles. The fourth-order valence-electron chi connectivity index (χ4n) is 2.78. The first kappa shape index (κ1) is 13.9. The Bertz CT molecular complexity index is 596. The third kappa shape index (κ3) is 3.00. The fourth-order valence-corrected chi connectivity index (χ4v) is 3.86. The summed E-state index contributed by atoms with van der Waals surface area (Å²) in [4.78, 5) is 1.34. The molecule has 1 N–H and O–H groups in total. The molecule has 106 valence electrons. The maximum absolute atomic E-state index is 5.95. The highest BCUT2D eigenvalue weighted by atomic mass is 35.5. The maximum Gasteiger partial charge on any atom is 0.119 e. The number of hydrogen-bond donors (Lipinski definition) is 1. The first-order chi connectivity index (χ1) is 9.76. The van der Waals surface area contributed by atoms with Crippen LogP contribution in [0.5, 0.6) is 5.75 Å². The van der Waals surface area contributed by atoms with Crippen molar-refractivity contribution < 1.29 is 4.74 Å². The van der Waals surface area contributed by atoms with E-state index in [1.807, 2.05) is 6.07 Å². The van der Waals surface area contributed by atoms with Crippen LogP contribution in [0.25, 0.3) is 0 Å². The number of aryl methyl sites for hydroxylation is 1. The van der Waals surface area contributed by atoms with Crippen LogP contribution in [0.1, 0.15) is 28.5 Å². The number of thiophene rings is 1. The Kier molecular flexibility index (Phi) is 4.29. The van der Waals surface area contributed by atoms with Gasteiger partial charge < -0.3 is 10.1 Å². The summed E-state index contributed by atoms with van der Waals surface area (Å²) in [6.45, 7) is 0.984. The van der Waals surface area contributed by atoms with Crippen molar-refractivity contribution in [2.45, 2.75) is 25.3 Å². The van der Waals surface area contributed by atoms with Crippen LogP contribution in [0, 0.1) is 0 Å². The van der Waals surface area contributed by atoms with Gasteiger partial charge in [-0.05, 0) is 54.7 Å². The molecule has 4 heteroatoms. The van der Waals surface area contributed by atoms with E-state index >= 15 is 0 Å². The summed E-state index contributed by atoms with van der Waals surface area (Å²) >= 11 is 7.62. The molecule has 1 aliphatic carbocycles. The van der Waals surface area contributed by atoms with Crippen molar-refractivity contribution in [3.63, 3.8) is 0 Å². The van der Waals surface area contributed by atoms with E-state index < -0.39 is 0 Å². The third-order valence-corrected chi connectivity index (χ3v) is 5.11. The largest absolute Gasteiger partial charge is 0.497 e. The number of rotatable bonds is 5. The Morgan fingerprint density at radius 2 is 2.25 bits per heavy atom. The molecule has 0 aliphatic heterocycles. The Morgan fingerprint density at radius 1 is 1.35 bits per heavy atom. The second kappa shape index (κ2) is 6.17. The lowest BCUT2D eigenvalue weighted by molar-refractivity contribution is 0.413. The van der Waals surface area contributed by atoms with Crippen LogP contribution in [0.15, 0.2) is 30.3 Å². The number of fused-ring (bicyclic) bond motifs is 1. The zero-order valence-corrected chi connectivity index (χ0v) is 13.1. The standard InChI is InChI=1S/C16H18ClNOS/c1-19-12-4-2-11-3-6-15(14(11)10-12)18-9-8-13-5-7-16(17)20-13/h2,4-5,7,10,15,18H,3,6,8-9H2,1H3. The molecule has 0 bridgehead atoms. The monoisotopic (exact) mass is 307 g/mol. The van der Waals surface area contributed by atoms with Gasteiger partial charge in [-0.3, -0.25) is 0 Å². The van der Waals surface area contributed by atoms with Gasteiger partial charge in [0.1, 0.15) is 5.75 Å². The summed E-state index contributed by atoms with van der Waals surface area (Å²) in [5, 5.41) is 3.65. The first-order valence-electron chi connectivity index (χ1n) is 6.90. The lowest BCUT2D eigenvalue weighted by atomic mass is 10.1. The summed E-state index contributed by atoms with van der Waals surface area (Å²) in [6.07, 6.45) is 3.36. The van der Waals surface area contributed by atoms with E-state index in [2.05, 4.69) is 29.6 Å². The van der Waals surface area contributed by atoms with Gasteiger partial charge in [0.25, 0.3) is 0 Å². The average molecular weight is 308 g/mol. The molecule has 0 radical (unpaired) electrons. The van der Waals surface area contributed by atoms with Gasteiger partial charge in [-0.25, -0.2) is 0 Å². The number of hydrogen-bond acceptors (Lipinski definition) is 3. The molecule has 20 heavy (non-hydrogen) atoms. The van der Waals surface area contributed by atoms with Gasteiger partial charge in [-0.15, -0.1) is 11.3 Å². The van der Waals surface area contributed by atoms with Crippen molar-refractivity contribution in [2.24, 2.45) is 0 Å². The fraction of sp³-hybridized carbons (Fsp3) is 0.375. The molecule has 1 heterocycles. The lowest BCUT2D eigenvalue weighted by Gasteiger charge is -2.14. The van der Waals surface area contributed by atoms with Gasteiger partial charge in [-0.1, -0.05) is 17.7 Å². The normalized spacial score (nSPS) is 17.2. The first-order valence-corrected chi connectivity index (χ1v) is 8.10. The molecule has 0 saturated carbocycles. The van der Waals surface area contributed by atoms with E-state index in [4.69, 9.17) is 16.3 Å². The number of halogens is 1. The number of benzene rings is 1. The van der Waals surface area contributed by atoms with Crippen molar-refractivity contribution in [1.29, 1.82) is 0 Å². The molecular formula is C16H18ClNOS. The van der Waals surface area contributed by atoms with E-state index in [-0.39, 0.29) is 0 Å². The molecule has 1 atom stereocenters. The Balaban J connectivity index is 1.60. The highest BCUT2D eigenvalue weighted by molar-refractivity contribution is 7.16. The van der Waals surface area contributed by atoms with Crippen molar-refractivity contribution in [1.82, 2.24) is 5.32 Å². The van der Waals surface area contributed by atoms with E-state index in [1.54, 1.807) is 18.4 Å². The summed E-state index contributed by atoms with van der Waals surface area (Å²) in [5.41, 5.74) is 2.84. The minimum Gasteiger partial charge on any atom is -0.497 e. The van der Waals surface area contributed by atoms with Gasteiger partial charge in [-0.2, -0.15) is 0 Å². The van der Waals surface area contributed by atoms with Crippen LogP contribution >= 0.6 is 22.9 Å². The molecule has 0 spiro atoms. The van der Waals surface area contributed by atoms with Gasteiger partial charge >= 0.3 is 0 Å². The van der Waals surface area contributed by atoms with Crippen LogP contribution < -0.4 is 10.1 Å². The van der Waals surface area contributed by atoms with Crippen molar-refractivity contribution in [3.05, 3.63) is 50.7 Å².